The molecule has 0 saturated heterocycles. The van der Waals surface area contributed by atoms with Crippen molar-refractivity contribution in [2.75, 3.05) is 26.0 Å². The number of rotatable bonds is 7. The number of benzene rings is 1. The maximum absolute atomic E-state index is 12.2. The van der Waals surface area contributed by atoms with E-state index in [4.69, 9.17) is 4.74 Å². The van der Waals surface area contributed by atoms with E-state index in [-0.39, 0.29) is 24.8 Å². The third-order valence-corrected chi connectivity index (χ3v) is 4.96. The molecule has 0 bridgehead atoms. The summed E-state index contributed by atoms with van der Waals surface area (Å²) in [5.41, 5.74) is 0.959. The summed E-state index contributed by atoms with van der Waals surface area (Å²) in [5.74, 6) is -0.704. The Balaban J connectivity index is 2.67. The molecule has 0 N–H and O–H groups in total. The quantitative estimate of drug-likeness (QED) is 0.718. The molecule has 1 aromatic carbocycles. The minimum atomic E-state index is -3.49. The molecule has 1 rings (SSSR count). The van der Waals surface area contributed by atoms with Gasteiger partial charge in [-0.3, -0.25) is 4.79 Å². The minimum absolute atomic E-state index is 0.0348. The standard InChI is InChI=1S/C14H21NO4S/c1-4-19-14(16)10-15(3)20(17,18)11-12(2)13-8-6-5-7-9-13/h5-9,12H,4,10-11H2,1-3H3. The van der Waals surface area contributed by atoms with E-state index >= 15 is 0 Å². The first-order valence-corrected chi connectivity index (χ1v) is 8.12. The molecule has 5 nitrogen and oxygen atoms in total. The average Bonchev–Trinajstić information content (AvgIpc) is 2.39. The van der Waals surface area contributed by atoms with Gasteiger partial charge in [-0.15, -0.1) is 0 Å². The number of likely N-dealkylation sites (N-methyl/N-ethyl adjacent to an activating group) is 1. The lowest BCUT2D eigenvalue weighted by molar-refractivity contribution is -0.143. The second kappa shape index (κ2) is 7.40. The number of hydrogen-bond donors (Lipinski definition) is 0. The van der Waals surface area contributed by atoms with Crippen molar-refractivity contribution in [1.82, 2.24) is 4.31 Å². The van der Waals surface area contributed by atoms with Gasteiger partial charge in [-0.2, -0.15) is 4.31 Å². The summed E-state index contributed by atoms with van der Waals surface area (Å²) in [5, 5.41) is 0. The molecule has 112 valence electrons. The van der Waals surface area contributed by atoms with Crippen LogP contribution in [0.15, 0.2) is 30.3 Å². The Morgan fingerprint density at radius 3 is 2.45 bits per heavy atom. The normalized spacial score (nSPS) is 13.2. The zero-order chi connectivity index (χ0) is 15.2. The number of carbonyl (C=O) groups is 1. The number of carbonyl (C=O) groups excluding carboxylic acids is 1. The first-order chi connectivity index (χ1) is 9.36. The van der Waals surface area contributed by atoms with E-state index in [0.29, 0.717) is 0 Å². The van der Waals surface area contributed by atoms with Crippen molar-refractivity contribution in [3.63, 3.8) is 0 Å². The molecule has 0 amide bonds. The molecular formula is C14H21NO4S. The van der Waals surface area contributed by atoms with Gasteiger partial charge < -0.3 is 4.74 Å². The Morgan fingerprint density at radius 2 is 1.90 bits per heavy atom. The van der Waals surface area contributed by atoms with Gasteiger partial charge in [0.1, 0.15) is 6.54 Å². The van der Waals surface area contributed by atoms with Gasteiger partial charge in [0.15, 0.2) is 0 Å². The molecule has 1 unspecified atom stereocenters. The van der Waals surface area contributed by atoms with Crippen molar-refractivity contribution in [2.24, 2.45) is 0 Å². The van der Waals surface area contributed by atoms with E-state index in [1.54, 1.807) is 6.92 Å². The Morgan fingerprint density at radius 1 is 1.30 bits per heavy atom. The van der Waals surface area contributed by atoms with E-state index < -0.39 is 16.0 Å². The number of sulfonamides is 1. The highest BCUT2D eigenvalue weighted by Crippen LogP contribution is 2.18. The molecule has 20 heavy (non-hydrogen) atoms. The van der Waals surface area contributed by atoms with Crippen LogP contribution in [0.25, 0.3) is 0 Å². The Labute approximate surface area is 120 Å². The molecule has 0 aliphatic rings. The molecule has 0 aromatic heterocycles. The van der Waals surface area contributed by atoms with Crippen molar-refractivity contribution < 1.29 is 17.9 Å². The summed E-state index contributed by atoms with van der Waals surface area (Å²) in [7, 11) is -2.10. The lowest BCUT2D eigenvalue weighted by Crippen LogP contribution is -2.35. The summed E-state index contributed by atoms with van der Waals surface area (Å²) in [6.07, 6.45) is 0. The summed E-state index contributed by atoms with van der Waals surface area (Å²) in [6, 6.07) is 9.43. The van der Waals surface area contributed by atoms with E-state index in [9.17, 15) is 13.2 Å². The van der Waals surface area contributed by atoms with Crippen molar-refractivity contribution in [2.45, 2.75) is 19.8 Å². The monoisotopic (exact) mass is 299 g/mol. The first-order valence-electron chi connectivity index (χ1n) is 6.51. The smallest absolute Gasteiger partial charge is 0.321 e. The van der Waals surface area contributed by atoms with Crippen LogP contribution in [0.1, 0.15) is 25.3 Å². The van der Waals surface area contributed by atoms with Crippen molar-refractivity contribution >= 4 is 16.0 Å². The molecule has 0 heterocycles. The summed E-state index contributed by atoms with van der Waals surface area (Å²) < 4.78 is 30.1. The van der Waals surface area contributed by atoms with Gasteiger partial charge in [0.25, 0.3) is 0 Å². The Hall–Kier alpha value is -1.40. The first kappa shape index (κ1) is 16.7. The van der Waals surface area contributed by atoms with Crippen LogP contribution >= 0.6 is 0 Å². The maximum Gasteiger partial charge on any atom is 0.321 e. The number of esters is 1. The minimum Gasteiger partial charge on any atom is -0.465 e. The molecule has 6 heteroatoms. The molecule has 0 aliphatic carbocycles. The molecular weight excluding hydrogens is 278 g/mol. The molecule has 0 radical (unpaired) electrons. The second-order valence-corrected chi connectivity index (χ2v) is 6.77. The van der Waals surface area contributed by atoms with E-state index in [0.717, 1.165) is 9.87 Å². The van der Waals surface area contributed by atoms with Gasteiger partial charge in [-0.25, -0.2) is 8.42 Å². The highest BCUT2D eigenvalue weighted by Gasteiger charge is 2.24. The van der Waals surface area contributed by atoms with Crippen LogP contribution in [0.4, 0.5) is 0 Å². The molecule has 1 atom stereocenters. The van der Waals surface area contributed by atoms with Gasteiger partial charge in [0.2, 0.25) is 10.0 Å². The third kappa shape index (κ3) is 4.94. The van der Waals surface area contributed by atoms with Crippen LogP contribution in [0.2, 0.25) is 0 Å². The topological polar surface area (TPSA) is 63.7 Å². The molecule has 0 spiro atoms. The Bertz CT molecular complexity index is 527. The maximum atomic E-state index is 12.2. The highest BCUT2D eigenvalue weighted by molar-refractivity contribution is 7.89. The molecule has 0 fully saturated rings. The van der Waals surface area contributed by atoms with Crippen LogP contribution in [0, 0.1) is 0 Å². The second-order valence-electron chi connectivity index (χ2n) is 4.65. The zero-order valence-corrected chi connectivity index (χ0v) is 12.9. The molecule has 0 aliphatic heterocycles. The van der Waals surface area contributed by atoms with Gasteiger partial charge in [-0.1, -0.05) is 37.3 Å². The van der Waals surface area contributed by atoms with Gasteiger partial charge in [-0.05, 0) is 18.4 Å². The average molecular weight is 299 g/mol. The predicted octanol–water partition coefficient (Wildman–Crippen LogP) is 1.61. The zero-order valence-electron chi connectivity index (χ0n) is 12.1. The highest BCUT2D eigenvalue weighted by atomic mass is 32.2. The van der Waals surface area contributed by atoms with Crippen LogP contribution in [0.5, 0.6) is 0 Å². The van der Waals surface area contributed by atoms with E-state index in [1.807, 2.05) is 37.3 Å². The van der Waals surface area contributed by atoms with Crippen LogP contribution in [0.3, 0.4) is 0 Å². The van der Waals surface area contributed by atoms with Crippen LogP contribution < -0.4 is 0 Å². The van der Waals surface area contributed by atoms with Crippen LogP contribution in [-0.4, -0.2) is 44.6 Å². The van der Waals surface area contributed by atoms with Crippen molar-refractivity contribution in [1.29, 1.82) is 0 Å². The van der Waals surface area contributed by atoms with E-state index in [2.05, 4.69) is 0 Å². The van der Waals surface area contributed by atoms with Gasteiger partial charge >= 0.3 is 5.97 Å². The van der Waals surface area contributed by atoms with Crippen LogP contribution in [-0.2, 0) is 19.6 Å². The fourth-order valence-corrected chi connectivity index (χ4v) is 3.19. The largest absolute Gasteiger partial charge is 0.465 e. The SMILES string of the molecule is CCOC(=O)CN(C)S(=O)(=O)CC(C)c1ccccc1. The summed E-state index contributed by atoms with van der Waals surface area (Å²) in [6.45, 7) is 3.53. The number of nitrogens with zero attached hydrogens (tertiary/aromatic N) is 1. The fourth-order valence-electron chi connectivity index (χ4n) is 1.81. The Kier molecular flexibility index (Phi) is 6.16. The van der Waals surface area contributed by atoms with E-state index in [1.165, 1.54) is 7.05 Å². The van der Waals surface area contributed by atoms with Gasteiger partial charge in [0.05, 0.1) is 12.4 Å². The third-order valence-electron chi connectivity index (χ3n) is 2.96. The molecule has 0 saturated carbocycles. The fraction of sp³-hybridized carbons (Fsp3) is 0.500. The summed E-state index contributed by atoms with van der Waals surface area (Å²) >= 11 is 0. The molecule has 1 aromatic rings. The van der Waals surface area contributed by atoms with Crippen molar-refractivity contribution in [3.05, 3.63) is 35.9 Å². The predicted molar refractivity (Wildman–Crippen MR) is 77.9 cm³/mol. The lowest BCUT2D eigenvalue weighted by atomic mass is 10.0. The lowest BCUT2D eigenvalue weighted by Gasteiger charge is -2.19. The van der Waals surface area contributed by atoms with Gasteiger partial charge in [0, 0.05) is 7.05 Å². The van der Waals surface area contributed by atoms with Crippen molar-refractivity contribution in [3.8, 4) is 0 Å². The summed E-state index contributed by atoms with van der Waals surface area (Å²) in [4.78, 5) is 11.3. The number of hydrogen-bond acceptors (Lipinski definition) is 4. The number of ether oxygens (including phenoxy) is 1.